The lowest BCUT2D eigenvalue weighted by molar-refractivity contribution is 0.231. The van der Waals surface area contributed by atoms with Gasteiger partial charge in [-0.05, 0) is 25.9 Å². The molecule has 1 aliphatic rings. The number of nitrogens with two attached hydrogens (primary N) is 1. The van der Waals surface area contributed by atoms with E-state index in [-0.39, 0.29) is 12.4 Å². The molecule has 1 aliphatic heterocycles. The molecule has 1 aromatic heterocycles. The Kier molecular flexibility index (Phi) is 6.47. The van der Waals surface area contributed by atoms with Crippen LogP contribution in [0.25, 0.3) is 0 Å². The minimum Gasteiger partial charge on any atom is -0.338 e. The van der Waals surface area contributed by atoms with Crippen LogP contribution >= 0.6 is 12.4 Å². The van der Waals surface area contributed by atoms with Crippen LogP contribution in [-0.4, -0.2) is 28.1 Å². The Labute approximate surface area is 108 Å². The molecule has 1 saturated heterocycles. The van der Waals surface area contributed by atoms with Crippen LogP contribution in [0.5, 0.6) is 0 Å². The van der Waals surface area contributed by atoms with Gasteiger partial charge < -0.3 is 10.3 Å². The van der Waals surface area contributed by atoms with E-state index in [1.807, 2.05) is 0 Å². The molecule has 0 aliphatic carbocycles. The first-order chi connectivity index (χ1) is 7.88. The summed E-state index contributed by atoms with van der Waals surface area (Å²) >= 11 is 0. The van der Waals surface area contributed by atoms with Gasteiger partial charge in [0.2, 0.25) is 5.89 Å². The minimum absolute atomic E-state index is 0. The SMILES string of the molecule is Cl.NCc1nc(CN2CCCCCCC2)no1. The van der Waals surface area contributed by atoms with E-state index < -0.39 is 0 Å². The van der Waals surface area contributed by atoms with E-state index in [0.29, 0.717) is 12.4 Å². The van der Waals surface area contributed by atoms with Crippen LogP contribution in [0.1, 0.15) is 43.8 Å². The van der Waals surface area contributed by atoms with Gasteiger partial charge in [-0.25, -0.2) is 0 Å². The summed E-state index contributed by atoms with van der Waals surface area (Å²) in [7, 11) is 0. The van der Waals surface area contributed by atoms with Crippen molar-refractivity contribution < 1.29 is 4.52 Å². The standard InChI is InChI=1S/C11H20N4O.ClH/c12-8-11-13-10(14-16-11)9-15-6-4-2-1-3-5-7-15;/h1-9,12H2;1H. The third-order valence-electron chi connectivity index (χ3n) is 3.00. The molecule has 0 unspecified atom stereocenters. The van der Waals surface area contributed by atoms with Gasteiger partial charge in [-0.15, -0.1) is 12.4 Å². The largest absolute Gasteiger partial charge is 0.338 e. The minimum atomic E-state index is 0. The lowest BCUT2D eigenvalue weighted by Crippen LogP contribution is -2.27. The summed E-state index contributed by atoms with van der Waals surface area (Å²) in [4.78, 5) is 6.64. The van der Waals surface area contributed by atoms with Crippen molar-refractivity contribution in [3.05, 3.63) is 11.7 Å². The van der Waals surface area contributed by atoms with Gasteiger partial charge in [-0.1, -0.05) is 24.4 Å². The number of hydrogen-bond donors (Lipinski definition) is 1. The second kappa shape index (κ2) is 7.63. The maximum Gasteiger partial charge on any atom is 0.240 e. The number of rotatable bonds is 3. The Morgan fingerprint density at radius 3 is 2.35 bits per heavy atom. The molecule has 0 aromatic carbocycles. The van der Waals surface area contributed by atoms with Gasteiger partial charge in [-0.2, -0.15) is 4.98 Å². The smallest absolute Gasteiger partial charge is 0.240 e. The van der Waals surface area contributed by atoms with Crippen LogP contribution < -0.4 is 5.73 Å². The Morgan fingerprint density at radius 2 is 1.76 bits per heavy atom. The molecular weight excluding hydrogens is 240 g/mol. The average molecular weight is 261 g/mol. The topological polar surface area (TPSA) is 68.2 Å². The van der Waals surface area contributed by atoms with Crippen molar-refractivity contribution in [3.63, 3.8) is 0 Å². The van der Waals surface area contributed by atoms with Crippen molar-refractivity contribution in [3.8, 4) is 0 Å². The van der Waals surface area contributed by atoms with E-state index in [0.717, 1.165) is 25.5 Å². The maximum atomic E-state index is 5.43. The number of aromatic nitrogens is 2. The van der Waals surface area contributed by atoms with Crippen molar-refractivity contribution in [2.45, 2.75) is 45.2 Å². The van der Waals surface area contributed by atoms with E-state index in [1.165, 1.54) is 32.1 Å². The van der Waals surface area contributed by atoms with E-state index in [1.54, 1.807) is 0 Å². The van der Waals surface area contributed by atoms with Crippen LogP contribution in [0.4, 0.5) is 0 Å². The first-order valence-corrected chi connectivity index (χ1v) is 6.12. The van der Waals surface area contributed by atoms with Gasteiger partial charge >= 0.3 is 0 Å². The molecule has 0 amide bonds. The summed E-state index contributed by atoms with van der Waals surface area (Å²) in [5.41, 5.74) is 5.43. The van der Waals surface area contributed by atoms with Gasteiger partial charge in [-0.3, -0.25) is 4.90 Å². The maximum absolute atomic E-state index is 5.43. The van der Waals surface area contributed by atoms with Gasteiger partial charge in [0.1, 0.15) is 0 Å². The Bertz CT molecular complexity index is 310. The second-order valence-corrected chi connectivity index (χ2v) is 4.35. The van der Waals surface area contributed by atoms with Crippen molar-refractivity contribution in [1.82, 2.24) is 15.0 Å². The molecule has 0 bridgehead atoms. The molecular formula is C11H21ClN4O. The van der Waals surface area contributed by atoms with E-state index in [2.05, 4.69) is 15.0 Å². The summed E-state index contributed by atoms with van der Waals surface area (Å²) < 4.78 is 5.00. The van der Waals surface area contributed by atoms with E-state index in [4.69, 9.17) is 10.3 Å². The fourth-order valence-corrected chi connectivity index (χ4v) is 2.11. The molecule has 2 N–H and O–H groups in total. The second-order valence-electron chi connectivity index (χ2n) is 4.35. The lowest BCUT2D eigenvalue weighted by Gasteiger charge is -2.22. The zero-order valence-corrected chi connectivity index (χ0v) is 10.9. The average Bonchev–Trinajstić information content (AvgIpc) is 2.69. The lowest BCUT2D eigenvalue weighted by atomic mass is 10.1. The molecule has 98 valence electrons. The normalized spacial score (nSPS) is 18.2. The molecule has 1 fully saturated rings. The molecule has 5 nitrogen and oxygen atoms in total. The third-order valence-corrected chi connectivity index (χ3v) is 3.00. The molecule has 2 rings (SSSR count). The third kappa shape index (κ3) is 4.61. The van der Waals surface area contributed by atoms with Crippen molar-refractivity contribution >= 4 is 12.4 Å². The predicted octanol–water partition coefficient (Wildman–Crippen LogP) is 1.72. The number of nitrogens with zero attached hydrogens (tertiary/aromatic N) is 3. The summed E-state index contributed by atoms with van der Waals surface area (Å²) in [6.07, 6.45) is 6.63. The van der Waals surface area contributed by atoms with Crippen LogP contribution in [-0.2, 0) is 13.1 Å². The molecule has 6 heteroatoms. The Morgan fingerprint density at radius 1 is 1.12 bits per heavy atom. The Hall–Kier alpha value is -0.650. The highest BCUT2D eigenvalue weighted by molar-refractivity contribution is 5.85. The predicted molar refractivity (Wildman–Crippen MR) is 67.8 cm³/mol. The van der Waals surface area contributed by atoms with Gasteiger partial charge in [0.05, 0.1) is 13.1 Å². The van der Waals surface area contributed by atoms with Crippen LogP contribution in [0.2, 0.25) is 0 Å². The first kappa shape index (κ1) is 14.4. The quantitative estimate of drug-likeness (QED) is 0.896. The van der Waals surface area contributed by atoms with E-state index >= 15 is 0 Å². The zero-order valence-electron chi connectivity index (χ0n) is 10.1. The summed E-state index contributed by atoms with van der Waals surface area (Å²) in [6.45, 7) is 3.41. The van der Waals surface area contributed by atoms with Crippen molar-refractivity contribution in [2.75, 3.05) is 13.1 Å². The summed E-state index contributed by atoms with van der Waals surface area (Å²) in [6, 6.07) is 0. The number of hydrogen-bond acceptors (Lipinski definition) is 5. The van der Waals surface area contributed by atoms with Gasteiger partial charge in [0.25, 0.3) is 0 Å². The molecule has 0 radical (unpaired) electrons. The first-order valence-electron chi connectivity index (χ1n) is 6.12. The van der Waals surface area contributed by atoms with Crippen LogP contribution in [0.3, 0.4) is 0 Å². The summed E-state index contributed by atoms with van der Waals surface area (Å²) in [5, 5.41) is 3.93. The molecule has 0 saturated carbocycles. The fourth-order valence-electron chi connectivity index (χ4n) is 2.11. The number of halogens is 1. The molecule has 0 spiro atoms. The highest BCUT2D eigenvalue weighted by Crippen LogP contribution is 2.12. The summed E-state index contributed by atoms with van der Waals surface area (Å²) in [5.74, 6) is 1.29. The highest BCUT2D eigenvalue weighted by atomic mass is 35.5. The van der Waals surface area contributed by atoms with Gasteiger partial charge in [0.15, 0.2) is 5.82 Å². The fraction of sp³-hybridized carbons (Fsp3) is 0.818. The van der Waals surface area contributed by atoms with Crippen molar-refractivity contribution in [1.29, 1.82) is 0 Å². The molecule has 1 aromatic rings. The zero-order chi connectivity index (χ0) is 11.2. The van der Waals surface area contributed by atoms with Crippen LogP contribution in [0.15, 0.2) is 4.52 Å². The van der Waals surface area contributed by atoms with E-state index in [9.17, 15) is 0 Å². The monoisotopic (exact) mass is 260 g/mol. The van der Waals surface area contributed by atoms with Crippen LogP contribution in [0, 0.1) is 0 Å². The highest BCUT2D eigenvalue weighted by Gasteiger charge is 2.12. The number of likely N-dealkylation sites (tertiary alicyclic amines) is 1. The molecule has 2 heterocycles. The van der Waals surface area contributed by atoms with Crippen molar-refractivity contribution in [2.24, 2.45) is 5.73 Å². The molecule has 0 atom stereocenters. The van der Waals surface area contributed by atoms with Gasteiger partial charge in [0, 0.05) is 0 Å². The molecule has 17 heavy (non-hydrogen) atoms. The Balaban J connectivity index is 0.00000144.